The fourth-order valence-corrected chi connectivity index (χ4v) is 3.11. The third-order valence-electron chi connectivity index (χ3n) is 4.65. The van der Waals surface area contributed by atoms with E-state index in [1.165, 1.54) is 0 Å². The lowest BCUT2D eigenvalue weighted by Crippen LogP contribution is -2.48. The first-order chi connectivity index (χ1) is 13.1. The van der Waals surface area contributed by atoms with E-state index in [4.69, 9.17) is 9.47 Å². The summed E-state index contributed by atoms with van der Waals surface area (Å²) in [5.74, 6) is 0.469. The number of anilines is 1. The van der Waals surface area contributed by atoms with Gasteiger partial charge >= 0.3 is 5.97 Å². The van der Waals surface area contributed by atoms with Crippen LogP contribution in [-0.2, 0) is 4.74 Å². The fourth-order valence-electron chi connectivity index (χ4n) is 3.11. The molecule has 0 aliphatic carbocycles. The summed E-state index contributed by atoms with van der Waals surface area (Å²) in [6.07, 6.45) is 0. The van der Waals surface area contributed by atoms with Crippen molar-refractivity contribution < 1.29 is 19.1 Å². The van der Waals surface area contributed by atoms with Gasteiger partial charge in [-0.15, -0.1) is 0 Å². The molecule has 1 aliphatic heterocycles. The van der Waals surface area contributed by atoms with Crippen LogP contribution in [0.2, 0.25) is 0 Å². The minimum absolute atomic E-state index is 0.0370. The van der Waals surface area contributed by atoms with E-state index >= 15 is 0 Å². The van der Waals surface area contributed by atoms with Crippen LogP contribution >= 0.6 is 0 Å². The Morgan fingerprint density at radius 3 is 2.04 bits per heavy atom. The molecule has 1 saturated heterocycles. The van der Waals surface area contributed by atoms with E-state index in [0.717, 1.165) is 24.5 Å². The maximum atomic E-state index is 12.6. The molecular weight excluding hydrogens is 344 g/mol. The monoisotopic (exact) mass is 368 g/mol. The van der Waals surface area contributed by atoms with Gasteiger partial charge in [0.2, 0.25) is 0 Å². The molecule has 2 aromatic carbocycles. The summed E-state index contributed by atoms with van der Waals surface area (Å²) in [5.41, 5.74) is 2.26. The van der Waals surface area contributed by atoms with Crippen molar-refractivity contribution in [2.45, 2.75) is 6.92 Å². The maximum Gasteiger partial charge on any atom is 0.338 e. The number of carbonyl (C=O) groups is 2. The number of methoxy groups -OCH3 is 1. The van der Waals surface area contributed by atoms with E-state index < -0.39 is 0 Å². The van der Waals surface area contributed by atoms with E-state index in [0.29, 0.717) is 30.8 Å². The lowest BCUT2D eigenvalue weighted by atomic mass is 10.1. The summed E-state index contributed by atoms with van der Waals surface area (Å²) in [4.78, 5) is 28.5. The number of esters is 1. The molecule has 1 aliphatic rings. The zero-order valence-electron chi connectivity index (χ0n) is 15.7. The van der Waals surface area contributed by atoms with E-state index in [-0.39, 0.29) is 11.9 Å². The highest BCUT2D eigenvalue weighted by atomic mass is 16.5. The number of nitrogens with zero attached hydrogens (tertiary/aromatic N) is 2. The zero-order chi connectivity index (χ0) is 19.2. The number of hydrogen-bond acceptors (Lipinski definition) is 5. The summed E-state index contributed by atoms with van der Waals surface area (Å²) < 4.78 is 10.1. The second-order valence-corrected chi connectivity index (χ2v) is 6.28. The molecule has 6 heteroatoms. The Balaban J connectivity index is 1.58. The summed E-state index contributed by atoms with van der Waals surface area (Å²) in [5, 5.41) is 0. The minimum atomic E-state index is -0.307. The highest BCUT2D eigenvalue weighted by Crippen LogP contribution is 2.19. The van der Waals surface area contributed by atoms with Gasteiger partial charge in [-0.3, -0.25) is 4.79 Å². The lowest BCUT2D eigenvalue weighted by molar-refractivity contribution is 0.0526. The van der Waals surface area contributed by atoms with Crippen molar-refractivity contribution in [3.8, 4) is 5.75 Å². The Morgan fingerprint density at radius 2 is 1.48 bits per heavy atom. The topological polar surface area (TPSA) is 59.1 Å². The Morgan fingerprint density at radius 1 is 0.889 bits per heavy atom. The van der Waals surface area contributed by atoms with Crippen LogP contribution in [-0.4, -0.2) is 56.7 Å². The third-order valence-corrected chi connectivity index (χ3v) is 4.65. The van der Waals surface area contributed by atoms with Crippen LogP contribution < -0.4 is 9.64 Å². The van der Waals surface area contributed by atoms with Crippen molar-refractivity contribution in [2.75, 3.05) is 44.8 Å². The average molecular weight is 368 g/mol. The first-order valence-electron chi connectivity index (χ1n) is 9.08. The van der Waals surface area contributed by atoms with Gasteiger partial charge in [0, 0.05) is 37.4 Å². The van der Waals surface area contributed by atoms with Gasteiger partial charge in [0.15, 0.2) is 0 Å². The first kappa shape index (κ1) is 18.8. The molecule has 0 unspecified atom stereocenters. The molecule has 0 radical (unpaired) electrons. The number of piperazine rings is 1. The predicted octanol–water partition coefficient (Wildman–Crippen LogP) is 2.83. The van der Waals surface area contributed by atoms with Gasteiger partial charge in [0.25, 0.3) is 5.91 Å². The molecule has 0 aromatic heterocycles. The van der Waals surface area contributed by atoms with Crippen LogP contribution in [0.5, 0.6) is 5.75 Å². The van der Waals surface area contributed by atoms with Crippen molar-refractivity contribution in [3.63, 3.8) is 0 Å². The molecule has 0 N–H and O–H groups in total. The van der Waals surface area contributed by atoms with Gasteiger partial charge in [0.05, 0.1) is 19.3 Å². The van der Waals surface area contributed by atoms with E-state index in [2.05, 4.69) is 4.90 Å². The van der Waals surface area contributed by atoms with Crippen molar-refractivity contribution in [3.05, 3.63) is 59.7 Å². The van der Waals surface area contributed by atoms with E-state index in [1.807, 2.05) is 17.0 Å². The van der Waals surface area contributed by atoms with Crippen molar-refractivity contribution in [2.24, 2.45) is 0 Å². The molecule has 1 fully saturated rings. The lowest BCUT2D eigenvalue weighted by Gasteiger charge is -2.36. The Labute approximate surface area is 159 Å². The van der Waals surface area contributed by atoms with Crippen LogP contribution in [0, 0.1) is 0 Å². The Hall–Kier alpha value is -3.02. The van der Waals surface area contributed by atoms with Gasteiger partial charge in [-0.05, 0) is 55.5 Å². The number of benzene rings is 2. The zero-order valence-corrected chi connectivity index (χ0v) is 15.7. The highest BCUT2D eigenvalue weighted by molar-refractivity contribution is 5.94. The molecule has 6 nitrogen and oxygen atoms in total. The summed E-state index contributed by atoms with van der Waals surface area (Å²) in [6.45, 7) is 4.97. The Kier molecular flexibility index (Phi) is 5.96. The molecule has 0 atom stereocenters. The van der Waals surface area contributed by atoms with Crippen LogP contribution in [0.15, 0.2) is 48.5 Å². The number of hydrogen-bond donors (Lipinski definition) is 0. The predicted molar refractivity (Wildman–Crippen MR) is 104 cm³/mol. The molecule has 2 aromatic rings. The highest BCUT2D eigenvalue weighted by Gasteiger charge is 2.22. The molecule has 0 bridgehead atoms. The van der Waals surface area contributed by atoms with Gasteiger partial charge in [-0.2, -0.15) is 0 Å². The van der Waals surface area contributed by atoms with E-state index in [9.17, 15) is 9.59 Å². The SMILES string of the molecule is CCOC(=O)c1ccc(N2CCN(C(=O)c3ccc(OC)cc3)CC2)cc1. The molecule has 3 rings (SSSR count). The van der Waals surface area contributed by atoms with E-state index in [1.54, 1.807) is 50.4 Å². The second kappa shape index (κ2) is 8.58. The van der Waals surface area contributed by atoms with Gasteiger partial charge in [-0.1, -0.05) is 0 Å². The van der Waals surface area contributed by atoms with Crippen molar-refractivity contribution >= 4 is 17.6 Å². The Bertz CT molecular complexity index is 779. The fraction of sp³-hybridized carbons (Fsp3) is 0.333. The first-order valence-corrected chi connectivity index (χ1v) is 9.08. The third kappa shape index (κ3) is 4.39. The van der Waals surface area contributed by atoms with Crippen LogP contribution in [0.4, 0.5) is 5.69 Å². The number of carbonyl (C=O) groups excluding carboxylic acids is 2. The van der Waals surface area contributed by atoms with Gasteiger partial charge in [0.1, 0.15) is 5.75 Å². The normalized spacial score (nSPS) is 14.0. The van der Waals surface area contributed by atoms with Gasteiger partial charge < -0.3 is 19.3 Å². The standard InChI is InChI=1S/C21H24N2O4/c1-3-27-21(25)17-4-8-18(9-5-17)22-12-14-23(15-13-22)20(24)16-6-10-19(26-2)11-7-16/h4-11H,3,12-15H2,1-2H3. The molecule has 142 valence electrons. The van der Waals surface area contributed by atoms with Crippen LogP contribution in [0.1, 0.15) is 27.6 Å². The molecular formula is C21H24N2O4. The largest absolute Gasteiger partial charge is 0.497 e. The average Bonchev–Trinajstić information content (AvgIpc) is 2.74. The quantitative estimate of drug-likeness (QED) is 0.760. The van der Waals surface area contributed by atoms with Crippen molar-refractivity contribution in [1.82, 2.24) is 4.90 Å². The minimum Gasteiger partial charge on any atom is -0.497 e. The second-order valence-electron chi connectivity index (χ2n) is 6.28. The van der Waals surface area contributed by atoms with Crippen LogP contribution in [0.3, 0.4) is 0 Å². The smallest absolute Gasteiger partial charge is 0.338 e. The summed E-state index contributed by atoms with van der Waals surface area (Å²) in [7, 11) is 1.61. The molecule has 0 saturated carbocycles. The van der Waals surface area contributed by atoms with Crippen molar-refractivity contribution in [1.29, 1.82) is 0 Å². The molecule has 1 amide bonds. The number of amides is 1. The summed E-state index contributed by atoms with van der Waals surface area (Å²) in [6, 6.07) is 14.6. The maximum absolute atomic E-state index is 12.6. The number of rotatable bonds is 5. The molecule has 27 heavy (non-hydrogen) atoms. The van der Waals surface area contributed by atoms with Gasteiger partial charge in [-0.25, -0.2) is 4.79 Å². The molecule has 0 spiro atoms. The number of ether oxygens (including phenoxy) is 2. The summed E-state index contributed by atoms with van der Waals surface area (Å²) >= 11 is 0. The van der Waals surface area contributed by atoms with Crippen LogP contribution in [0.25, 0.3) is 0 Å². The molecule has 1 heterocycles.